The van der Waals surface area contributed by atoms with Crippen molar-refractivity contribution in [3.05, 3.63) is 29.8 Å². The first-order chi connectivity index (χ1) is 14.2. The van der Waals surface area contributed by atoms with Crippen LogP contribution in [0.4, 0.5) is 0 Å². The molecule has 1 aromatic rings. The van der Waals surface area contributed by atoms with E-state index in [4.69, 9.17) is 10.5 Å². The largest absolute Gasteiger partial charge is 0.508 e. The molecule has 2 atom stereocenters. The van der Waals surface area contributed by atoms with Gasteiger partial charge in [0.15, 0.2) is 5.96 Å². The van der Waals surface area contributed by atoms with Gasteiger partial charge in [-0.1, -0.05) is 12.1 Å². The number of amides is 1. The highest BCUT2D eigenvalue weighted by Gasteiger charge is 2.46. The van der Waals surface area contributed by atoms with E-state index >= 15 is 0 Å². The van der Waals surface area contributed by atoms with Gasteiger partial charge in [-0.3, -0.25) is 19.4 Å². The van der Waals surface area contributed by atoms with Crippen molar-refractivity contribution in [2.45, 2.75) is 51.4 Å². The first kappa shape index (κ1) is 22.0. The van der Waals surface area contributed by atoms with Gasteiger partial charge in [0.2, 0.25) is 0 Å². The highest BCUT2D eigenvalue weighted by Crippen LogP contribution is 2.30. The van der Waals surface area contributed by atoms with Gasteiger partial charge in [-0.25, -0.2) is 4.99 Å². The molecule has 3 rings (SSSR count). The zero-order valence-electron chi connectivity index (χ0n) is 17.5. The van der Waals surface area contributed by atoms with Crippen molar-refractivity contribution in [2.24, 2.45) is 16.6 Å². The number of aliphatic hydroxyl groups is 1. The third-order valence-corrected chi connectivity index (χ3v) is 5.75. The lowest BCUT2D eigenvalue weighted by molar-refractivity contribution is -0.151. The fourth-order valence-electron chi connectivity index (χ4n) is 4.06. The molecule has 0 bridgehead atoms. The fraction of sp³-hybridized carbons (Fsp3) is 0.571. The number of likely N-dealkylation sites (tertiary alicyclic amines) is 1. The van der Waals surface area contributed by atoms with E-state index in [1.807, 2.05) is 4.90 Å². The number of phenolic OH excluding ortho intramolecular Hbond substituents is 1. The van der Waals surface area contributed by atoms with Crippen molar-refractivity contribution >= 4 is 17.8 Å². The van der Waals surface area contributed by atoms with Crippen LogP contribution >= 0.6 is 0 Å². The minimum Gasteiger partial charge on any atom is -0.508 e. The number of nitrogens with two attached hydrogens (primary N) is 1. The first-order valence-corrected chi connectivity index (χ1v) is 10.3. The molecule has 1 aromatic carbocycles. The smallest absolute Gasteiger partial charge is 0.309 e. The average molecular weight is 418 g/mol. The molecule has 2 heterocycles. The van der Waals surface area contributed by atoms with Crippen molar-refractivity contribution in [3.8, 4) is 5.75 Å². The van der Waals surface area contributed by atoms with E-state index in [1.165, 1.54) is 4.90 Å². The Labute approximate surface area is 176 Å². The maximum Gasteiger partial charge on any atom is 0.309 e. The molecular weight excluding hydrogens is 388 g/mol. The van der Waals surface area contributed by atoms with Crippen LogP contribution in [0.1, 0.15) is 38.7 Å². The second-order valence-electron chi connectivity index (χ2n) is 8.05. The van der Waals surface area contributed by atoms with Crippen LogP contribution in [0.5, 0.6) is 5.75 Å². The summed E-state index contributed by atoms with van der Waals surface area (Å²) >= 11 is 0. The normalized spacial score (nSPS) is 24.0. The number of carbonyl (C=O) groups excluding carboxylic acids is 2. The molecule has 164 valence electrons. The topological polar surface area (TPSA) is 129 Å². The molecule has 1 saturated heterocycles. The van der Waals surface area contributed by atoms with Crippen LogP contribution < -0.4 is 5.73 Å². The lowest BCUT2D eigenvalue weighted by Crippen LogP contribution is -2.49. The Balaban J connectivity index is 1.59. The predicted octanol–water partition coefficient (Wildman–Crippen LogP) is 0.791. The summed E-state index contributed by atoms with van der Waals surface area (Å²) in [6.07, 6.45) is 0.442. The molecule has 2 unspecified atom stereocenters. The van der Waals surface area contributed by atoms with Gasteiger partial charge in [0, 0.05) is 19.5 Å². The lowest BCUT2D eigenvalue weighted by atomic mass is 9.93. The van der Waals surface area contributed by atoms with Gasteiger partial charge in [-0.15, -0.1) is 0 Å². The van der Waals surface area contributed by atoms with Crippen molar-refractivity contribution < 1.29 is 24.5 Å². The number of hydrogen-bond donors (Lipinski definition) is 3. The summed E-state index contributed by atoms with van der Waals surface area (Å²) < 4.78 is 5.08. The number of piperidine rings is 1. The molecule has 4 N–H and O–H groups in total. The minimum atomic E-state index is -1.17. The summed E-state index contributed by atoms with van der Waals surface area (Å²) in [5.41, 5.74) is 5.57. The Bertz CT molecular complexity index is 821. The third kappa shape index (κ3) is 4.73. The summed E-state index contributed by atoms with van der Waals surface area (Å²) in [5.74, 6) is -0.421. The molecule has 1 fully saturated rings. The summed E-state index contributed by atoms with van der Waals surface area (Å²) in [5, 5.41) is 20.4. The van der Waals surface area contributed by atoms with Crippen LogP contribution in [-0.2, 0) is 20.9 Å². The molecule has 0 spiro atoms. The zero-order valence-corrected chi connectivity index (χ0v) is 17.5. The Hall–Kier alpha value is -2.65. The van der Waals surface area contributed by atoms with Crippen molar-refractivity contribution in [3.63, 3.8) is 0 Å². The van der Waals surface area contributed by atoms with Gasteiger partial charge >= 0.3 is 5.97 Å². The van der Waals surface area contributed by atoms with E-state index in [0.29, 0.717) is 32.5 Å². The molecular formula is C21H30N4O5. The molecule has 0 saturated carbocycles. The predicted molar refractivity (Wildman–Crippen MR) is 110 cm³/mol. The quantitative estimate of drug-likeness (QED) is 0.559. The lowest BCUT2D eigenvalue weighted by Gasteiger charge is -2.36. The molecule has 9 heteroatoms. The van der Waals surface area contributed by atoms with Crippen LogP contribution in [0.15, 0.2) is 29.3 Å². The van der Waals surface area contributed by atoms with E-state index in [9.17, 15) is 19.8 Å². The molecule has 0 aliphatic carbocycles. The average Bonchev–Trinajstić information content (AvgIpc) is 2.91. The first-order valence-electron chi connectivity index (χ1n) is 10.3. The maximum absolute atomic E-state index is 13.0. The van der Waals surface area contributed by atoms with Crippen LogP contribution in [0.2, 0.25) is 0 Å². The third-order valence-electron chi connectivity index (χ3n) is 5.75. The Morgan fingerprint density at radius 1 is 1.40 bits per heavy atom. The molecule has 9 nitrogen and oxygen atoms in total. The number of carbonyl (C=O) groups is 2. The Kier molecular flexibility index (Phi) is 6.62. The van der Waals surface area contributed by atoms with Gasteiger partial charge < -0.3 is 20.7 Å². The number of guanidine groups is 1. The number of esters is 1. The van der Waals surface area contributed by atoms with Gasteiger partial charge in [-0.05, 0) is 44.4 Å². The van der Waals surface area contributed by atoms with Crippen molar-refractivity contribution in [2.75, 3.05) is 19.7 Å². The summed E-state index contributed by atoms with van der Waals surface area (Å²) in [4.78, 5) is 32.5. The second kappa shape index (κ2) is 9.01. The monoisotopic (exact) mass is 418 g/mol. The molecule has 0 aromatic heterocycles. The van der Waals surface area contributed by atoms with E-state index in [0.717, 1.165) is 5.56 Å². The standard InChI is InChI=1S/C21H30N4O5/c1-3-30-18(28)15-7-9-24(10-8-15)17(27)12-21(2)19(29)25(20(22)23-21)13-14-5-4-6-16(26)11-14/h4-6,11,15,17,26-27H,3,7-10,12-13H2,1-2H3,(H2,22,23). The van der Waals surface area contributed by atoms with Crippen molar-refractivity contribution in [1.29, 1.82) is 0 Å². The van der Waals surface area contributed by atoms with E-state index in [1.54, 1.807) is 38.1 Å². The van der Waals surface area contributed by atoms with Gasteiger partial charge in [0.05, 0.1) is 19.1 Å². The number of ether oxygens (including phenoxy) is 1. The number of hydrogen-bond acceptors (Lipinski definition) is 8. The molecule has 0 radical (unpaired) electrons. The van der Waals surface area contributed by atoms with Crippen LogP contribution in [-0.4, -0.2) is 69.3 Å². The van der Waals surface area contributed by atoms with Gasteiger partial charge in [-0.2, -0.15) is 0 Å². The maximum atomic E-state index is 13.0. The minimum absolute atomic E-state index is 0.0964. The Morgan fingerprint density at radius 3 is 2.73 bits per heavy atom. The number of benzene rings is 1. The number of aromatic hydroxyl groups is 1. The molecule has 1 amide bonds. The SMILES string of the molecule is CCOC(=O)C1CCN(C(O)CC2(C)N=C(N)N(Cc3cccc(O)c3)C2=O)CC1. The number of rotatable bonds is 7. The van der Waals surface area contributed by atoms with Crippen LogP contribution in [0.3, 0.4) is 0 Å². The summed E-state index contributed by atoms with van der Waals surface area (Å²) in [7, 11) is 0. The summed E-state index contributed by atoms with van der Waals surface area (Å²) in [6.45, 7) is 5.09. The fourth-order valence-corrected chi connectivity index (χ4v) is 4.06. The number of aliphatic hydroxyl groups excluding tert-OH is 1. The molecule has 30 heavy (non-hydrogen) atoms. The van der Waals surface area contributed by atoms with Crippen LogP contribution in [0.25, 0.3) is 0 Å². The van der Waals surface area contributed by atoms with E-state index in [-0.39, 0.29) is 42.5 Å². The van der Waals surface area contributed by atoms with Crippen LogP contribution in [0, 0.1) is 5.92 Å². The van der Waals surface area contributed by atoms with Gasteiger partial charge in [0.25, 0.3) is 5.91 Å². The molecule has 2 aliphatic heterocycles. The number of phenols is 1. The number of aliphatic imine (C=N–C) groups is 1. The molecule has 2 aliphatic rings. The Morgan fingerprint density at radius 2 is 2.10 bits per heavy atom. The zero-order chi connectivity index (χ0) is 21.9. The summed E-state index contributed by atoms with van der Waals surface area (Å²) in [6, 6.07) is 6.61. The highest BCUT2D eigenvalue weighted by atomic mass is 16.5. The van der Waals surface area contributed by atoms with E-state index in [2.05, 4.69) is 4.99 Å². The van der Waals surface area contributed by atoms with Gasteiger partial charge in [0.1, 0.15) is 17.5 Å². The number of nitrogens with zero attached hydrogens (tertiary/aromatic N) is 3. The van der Waals surface area contributed by atoms with E-state index < -0.39 is 11.8 Å². The van der Waals surface area contributed by atoms with Crippen molar-refractivity contribution in [1.82, 2.24) is 9.80 Å². The highest BCUT2D eigenvalue weighted by molar-refractivity contribution is 6.06. The second-order valence-corrected chi connectivity index (χ2v) is 8.05.